The van der Waals surface area contributed by atoms with Gasteiger partial charge in [0.05, 0.1) is 14.2 Å². The molecule has 1 amide bonds. The Morgan fingerprint density at radius 1 is 1.15 bits per heavy atom. The van der Waals surface area contributed by atoms with Gasteiger partial charge in [0.25, 0.3) is 5.91 Å². The highest BCUT2D eigenvalue weighted by atomic mass is 35.5. The maximum atomic E-state index is 12.4. The quantitative estimate of drug-likeness (QED) is 0.645. The molecule has 0 unspecified atom stereocenters. The maximum absolute atomic E-state index is 12.4. The molecule has 0 aliphatic carbocycles. The number of hydrogen-bond acceptors (Lipinski definition) is 6. The third kappa shape index (κ3) is 4.57. The number of carbonyl (C=O) groups is 1. The van der Waals surface area contributed by atoms with Gasteiger partial charge in [-0.15, -0.1) is 0 Å². The summed E-state index contributed by atoms with van der Waals surface area (Å²) < 4.78 is 16.3. The minimum Gasteiger partial charge on any atom is -0.497 e. The van der Waals surface area contributed by atoms with Gasteiger partial charge in [-0.25, -0.2) is 9.97 Å². The van der Waals surface area contributed by atoms with Gasteiger partial charge >= 0.3 is 0 Å². The second kappa shape index (κ2) is 8.09. The molecule has 0 saturated heterocycles. The number of benzene rings is 1. The third-order valence-corrected chi connectivity index (χ3v) is 3.98. The number of anilines is 1. The fraction of sp³-hybridized carbons (Fsp3) is 0.211. The van der Waals surface area contributed by atoms with Crippen molar-refractivity contribution in [3.8, 4) is 11.5 Å². The third-order valence-electron chi connectivity index (χ3n) is 3.79. The zero-order valence-electron chi connectivity index (χ0n) is 15.1. The van der Waals surface area contributed by atoms with E-state index in [1.807, 2.05) is 18.2 Å². The standard InChI is InChI=1S/C19H18ClN3O4/c1-11-8-17(20)22-19(21-11)23-18(24)16-7-5-14(27-16)10-12-9-13(25-2)4-6-15(12)26-3/h4-9H,10H2,1-3H3,(H,21,22,23,24). The zero-order valence-corrected chi connectivity index (χ0v) is 15.8. The summed E-state index contributed by atoms with van der Waals surface area (Å²) in [6, 6.07) is 10.4. The van der Waals surface area contributed by atoms with Crippen LogP contribution in [-0.4, -0.2) is 30.1 Å². The van der Waals surface area contributed by atoms with Crippen molar-refractivity contribution in [3.05, 3.63) is 64.3 Å². The largest absolute Gasteiger partial charge is 0.497 e. The first-order chi connectivity index (χ1) is 13.0. The van der Waals surface area contributed by atoms with Gasteiger partial charge in [0, 0.05) is 17.7 Å². The average Bonchev–Trinajstić information content (AvgIpc) is 3.09. The molecule has 0 aliphatic rings. The first-order valence-corrected chi connectivity index (χ1v) is 8.48. The Hall–Kier alpha value is -3.06. The predicted molar refractivity (Wildman–Crippen MR) is 101 cm³/mol. The number of nitrogens with one attached hydrogen (secondary N) is 1. The summed E-state index contributed by atoms with van der Waals surface area (Å²) in [6.45, 7) is 1.76. The maximum Gasteiger partial charge on any atom is 0.293 e. The molecule has 8 heteroatoms. The van der Waals surface area contributed by atoms with E-state index in [4.69, 9.17) is 25.5 Å². The van der Waals surface area contributed by atoms with E-state index >= 15 is 0 Å². The number of aromatic nitrogens is 2. The summed E-state index contributed by atoms with van der Waals surface area (Å²) in [5, 5.41) is 2.83. The number of carbonyl (C=O) groups excluding carboxylic acids is 1. The van der Waals surface area contributed by atoms with Crippen molar-refractivity contribution < 1.29 is 18.7 Å². The number of rotatable bonds is 6. The number of nitrogens with zero attached hydrogens (tertiary/aromatic N) is 2. The lowest BCUT2D eigenvalue weighted by atomic mass is 10.1. The summed E-state index contributed by atoms with van der Waals surface area (Å²) in [5.41, 5.74) is 1.53. The zero-order chi connectivity index (χ0) is 19.4. The number of ether oxygens (including phenoxy) is 2. The predicted octanol–water partition coefficient (Wildman–Crippen LogP) is 3.89. The van der Waals surface area contributed by atoms with Crippen LogP contribution < -0.4 is 14.8 Å². The minimum atomic E-state index is -0.458. The van der Waals surface area contributed by atoms with Crippen LogP contribution in [0.4, 0.5) is 5.95 Å². The molecule has 2 heterocycles. The molecular formula is C19H18ClN3O4. The molecule has 2 aromatic heterocycles. The Morgan fingerprint density at radius 3 is 2.67 bits per heavy atom. The fourth-order valence-electron chi connectivity index (χ4n) is 2.55. The van der Waals surface area contributed by atoms with Crippen LogP contribution in [0, 0.1) is 6.92 Å². The van der Waals surface area contributed by atoms with E-state index in [0.717, 1.165) is 5.56 Å². The van der Waals surface area contributed by atoms with E-state index in [9.17, 15) is 4.79 Å². The first-order valence-electron chi connectivity index (χ1n) is 8.10. The Bertz CT molecular complexity index is 951. The van der Waals surface area contributed by atoms with Crippen LogP contribution in [0.15, 0.2) is 40.8 Å². The highest BCUT2D eigenvalue weighted by molar-refractivity contribution is 6.29. The van der Waals surface area contributed by atoms with E-state index < -0.39 is 5.91 Å². The number of aryl methyl sites for hydroxylation is 1. The van der Waals surface area contributed by atoms with Crippen molar-refractivity contribution in [1.29, 1.82) is 0 Å². The molecule has 27 heavy (non-hydrogen) atoms. The SMILES string of the molecule is COc1ccc(OC)c(Cc2ccc(C(=O)Nc3nc(C)cc(Cl)n3)o2)c1. The van der Waals surface area contributed by atoms with E-state index in [2.05, 4.69) is 15.3 Å². The lowest BCUT2D eigenvalue weighted by molar-refractivity contribution is 0.0994. The average molecular weight is 388 g/mol. The molecule has 0 spiro atoms. The van der Waals surface area contributed by atoms with Gasteiger partial charge < -0.3 is 13.9 Å². The number of amides is 1. The topological polar surface area (TPSA) is 86.5 Å². The highest BCUT2D eigenvalue weighted by Crippen LogP contribution is 2.27. The normalized spacial score (nSPS) is 10.5. The lowest BCUT2D eigenvalue weighted by Gasteiger charge is -2.09. The number of furan rings is 1. The fourth-order valence-corrected chi connectivity index (χ4v) is 2.79. The Balaban J connectivity index is 1.75. The van der Waals surface area contributed by atoms with E-state index in [1.165, 1.54) is 0 Å². The number of hydrogen-bond donors (Lipinski definition) is 1. The second-order valence-corrected chi connectivity index (χ2v) is 6.12. The van der Waals surface area contributed by atoms with Gasteiger partial charge in [0.1, 0.15) is 22.4 Å². The molecule has 7 nitrogen and oxygen atoms in total. The van der Waals surface area contributed by atoms with Crippen molar-refractivity contribution >= 4 is 23.5 Å². The molecule has 0 saturated carbocycles. The summed E-state index contributed by atoms with van der Waals surface area (Å²) >= 11 is 5.88. The van der Waals surface area contributed by atoms with Crippen molar-refractivity contribution in [2.45, 2.75) is 13.3 Å². The molecule has 0 radical (unpaired) electrons. The molecule has 1 aromatic carbocycles. The molecule has 0 bridgehead atoms. The second-order valence-electron chi connectivity index (χ2n) is 5.73. The highest BCUT2D eigenvalue weighted by Gasteiger charge is 2.15. The minimum absolute atomic E-state index is 0.123. The summed E-state index contributed by atoms with van der Waals surface area (Å²) in [4.78, 5) is 20.4. The summed E-state index contributed by atoms with van der Waals surface area (Å²) in [5.74, 6) is 1.84. The molecule has 0 atom stereocenters. The van der Waals surface area contributed by atoms with Gasteiger partial charge in [0.15, 0.2) is 5.76 Å². The van der Waals surface area contributed by atoms with Gasteiger partial charge in [-0.3, -0.25) is 10.1 Å². The summed E-state index contributed by atoms with van der Waals surface area (Å²) in [7, 11) is 3.19. The molecule has 1 N–H and O–H groups in total. The number of methoxy groups -OCH3 is 2. The first kappa shape index (κ1) is 18.7. The number of halogens is 1. The van der Waals surface area contributed by atoms with Crippen molar-refractivity contribution in [1.82, 2.24) is 9.97 Å². The molecule has 0 fully saturated rings. The van der Waals surface area contributed by atoms with Crippen molar-refractivity contribution in [3.63, 3.8) is 0 Å². The lowest BCUT2D eigenvalue weighted by Crippen LogP contribution is -2.13. The summed E-state index contributed by atoms with van der Waals surface area (Å²) in [6.07, 6.45) is 0.445. The van der Waals surface area contributed by atoms with Crippen LogP contribution in [0.1, 0.15) is 27.6 Å². The van der Waals surface area contributed by atoms with Gasteiger partial charge in [-0.05, 0) is 43.3 Å². The van der Waals surface area contributed by atoms with Crippen LogP contribution in [-0.2, 0) is 6.42 Å². The smallest absolute Gasteiger partial charge is 0.293 e. The van der Waals surface area contributed by atoms with Gasteiger partial charge in [0.2, 0.25) is 5.95 Å². The van der Waals surface area contributed by atoms with Gasteiger partial charge in [-0.2, -0.15) is 0 Å². The van der Waals surface area contributed by atoms with Crippen LogP contribution in [0.25, 0.3) is 0 Å². The Labute approximate surface area is 161 Å². The molecule has 3 rings (SSSR count). The van der Waals surface area contributed by atoms with E-state index in [-0.39, 0.29) is 16.9 Å². The van der Waals surface area contributed by atoms with Crippen molar-refractivity contribution in [2.24, 2.45) is 0 Å². The molecule has 140 valence electrons. The van der Waals surface area contributed by atoms with Gasteiger partial charge in [-0.1, -0.05) is 11.6 Å². The molecule has 3 aromatic rings. The van der Waals surface area contributed by atoms with E-state index in [1.54, 1.807) is 39.3 Å². The van der Waals surface area contributed by atoms with Crippen LogP contribution in [0.5, 0.6) is 11.5 Å². The molecular weight excluding hydrogens is 370 g/mol. The monoisotopic (exact) mass is 387 g/mol. The molecule has 0 aliphatic heterocycles. The Morgan fingerprint density at radius 2 is 1.96 bits per heavy atom. The van der Waals surface area contributed by atoms with Crippen LogP contribution in [0.2, 0.25) is 5.15 Å². The van der Waals surface area contributed by atoms with Crippen molar-refractivity contribution in [2.75, 3.05) is 19.5 Å². The van der Waals surface area contributed by atoms with Crippen LogP contribution >= 0.6 is 11.6 Å². The Kier molecular flexibility index (Phi) is 5.61. The van der Waals surface area contributed by atoms with Crippen LogP contribution in [0.3, 0.4) is 0 Å². The van der Waals surface area contributed by atoms with E-state index in [0.29, 0.717) is 29.4 Å².